The van der Waals surface area contributed by atoms with Crippen molar-refractivity contribution in [1.82, 2.24) is 9.88 Å². The van der Waals surface area contributed by atoms with Gasteiger partial charge in [0.2, 0.25) is 0 Å². The van der Waals surface area contributed by atoms with Crippen molar-refractivity contribution in [3.05, 3.63) is 87.5 Å². The van der Waals surface area contributed by atoms with E-state index in [1.54, 1.807) is 12.4 Å². The van der Waals surface area contributed by atoms with E-state index >= 15 is 0 Å². The number of allylic oxidation sites excluding steroid dienone is 2. The van der Waals surface area contributed by atoms with Crippen molar-refractivity contribution in [3.63, 3.8) is 0 Å². The summed E-state index contributed by atoms with van der Waals surface area (Å²) >= 11 is 3.52. The fourth-order valence-corrected chi connectivity index (χ4v) is 3.09. The van der Waals surface area contributed by atoms with Gasteiger partial charge in [-0.1, -0.05) is 6.07 Å². The van der Waals surface area contributed by atoms with Gasteiger partial charge in [0, 0.05) is 24.6 Å². The zero-order valence-electron chi connectivity index (χ0n) is 13.7. The van der Waals surface area contributed by atoms with Crippen molar-refractivity contribution in [3.8, 4) is 0 Å². The number of rotatable bonds is 5. The molecular formula is C19H17BrF2N2O. The molecule has 0 N–H and O–H groups in total. The first-order valence-electron chi connectivity index (χ1n) is 7.81. The average molecular weight is 407 g/mol. The summed E-state index contributed by atoms with van der Waals surface area (Å²) in [6.07, 6.45) is 5.40. The van der Waals surface area contributed by atoms with Crippen LogP contribution in [0.1, 0.15) is 18.1 Å². The molecule has 0 fully saturated rings. The molecule has 0 saturated heterocycles. The van der Waals surface area contributed by atoms with Gasteiger partial charge in [-0.25, -0.2) is 8.78 Å². The molecule has 1 aliphatic heterocycles. The fraction of sp³-hybridized carbons (Fsp3) is 0.211. The lowest BCUT2D eigenvalue weighted by molar-refractivity contribution is 0.194. The van der Waals surface area contributed by atoms with E-state index < -0.39 is 11.6 Å². The van der Waals surface area contributed by atoms with E-state index in [-0.39, 0.29) is 12.2 Å². The van der Waals surface area contributed by atoms with Gasteiger partial charge in [0.15, 0.2) is 0 Å². The lowest BCUT2D eigenvalue weighted by atomic mass is 10.2. The third-order valence-corrected chi connectivity index (χ3v) is 4.63. The zero-order chi connectivity index (χ0) is 17.8. The molecule has 6 heteroatoms. The molecule has 130 valence electrons. The third-order valence-electron chi connectivity index (χ3n) is 3.99. The second kappa shape index (κ2) is 7.78. The standard InChI is InChI=1S/C19H17BrF2N2O/c1-13-9-19(25-12-15-17(21)3-2-4-18(15)22)16(20)11-24(13)10-14-5-7-23-8-6-14/h2-9H,10-12H2,1H3. The van der Waals surface area contributed by atoms with Crippen LogP contribution in [0.3, 0.4) is 0 Å². The quantitative estimate of drug-likeness (QED) is 0.705. The maximum atomic E-state index is 13.7. The van der Waals surface area contributed by atoms with Crippen molar-refractivity contribution < 1.29 is 13.5 Å². The first-order valence-corrected chi connectivity index (χ1v) is 8.60. The summed E-state index contributed by atoms with van der Waals surface area (Å²) in [4.78, 5) is 6.20. The molecule has 0 aliphatic carbocycles. The molecule has 1 aromatic carbocycles. The molecule has 0 saturated carbocycles. The van der Waals surface area contributed by atoms with Crippen LogP contribution in [0, 0.1) is 11.6 Å². The number of pyridine rings is 1. The Balaban J connectivity index is 1.69. The number of aromatic nitrogens is 1. The van der Waals surface area contributed by atoms with Gasteiger partial charge < -0.3 is 9.64 Å². The van der Waals surface area contributed by atoms with Crippen LogP contribution in [-0.4, -0.2) is 16.4 Å². The molecule has 25 heavy (non-hydrogen) atoms. The molecule has 0 atom stereocenters. The molecule has 3 rings (SSSR count). The van der Waals surface area contributed by atoms with E-state index in [0.29, 0.717) is 12.3 Å². The van der Waals surface area contributed by atoms with E-state index in [1.165, 1.54) is 18.2 Å². The highest BCUT2D eigenvalue weighted by Gasteiger charge is 2.19. The van der Waals surface area contributed by atoms with Crippen LogP contribution >= 0.6 is 15.9 Å². The second-order valence-electron chi connectivity index (χ2n) is 5.76. The van der Waals surface area contributed by atoms with Gasteiger partial charge in [0.25, 0.3) is 0 Å². The Morgan fingerprint density at radius 2 is 1.84 bits per heavy atom. The summed E-state index contributed by atoms with van der Waals surface area (Å²) in [6.45, 7) is 3.19. The molecule has 0 spiro atoms. The Morgan fingerprint density at radius 1 is 1.16 bits per heavy atom. The summed E-state index contributed by atoms with van der Waals surface area (Å²) in [5, 5.41) is 0. The first-order chi connectivity index (χ1) is 12.0. The lowest BCUT2D eigenvalue weighted by Gasteiger charge is -2.30. The van der Waals surface area contributed by atoms with Gasteiger partial charge in [-0.3, -0.25) is 4.98 Å². The Labute approximate surface area is 153 Å². The van der Waals surface area contributed by atoms with Crippen molar-refractivity contribution in [2.24, 2.45) is 0 Å². The molecule has 3 nitrogen and oxygen atoms in total. The Hall–Kier alpha value is -2.21. The summed E-state index contributed by atoms with van der Waals surface area (Å²) in [7, 11) is 0. The largest absolute Gasteiger partial charge is 0.488 e. The van der Waals surface area contributed by atoms with Gasteiger partial charge in [-0.15, -0.1) is 0 Å². The average Bonchev–Trinajstić information content (AvgIpc) is 2.59. The first kappa shape index (κ1) is 17.6. The predicted octanol–water partition coefficient (Wildman–Crippen LogP) is 4.90. The Kier molecular flexibility index (Phi) is 5.48. The number of hydrogen-bond donors (Lipinski definition) is 0. The van der Waals surface area contributed by atoms with Gasteiger partial charge in [-0.2, -0.15) is 0 Å². The third kappa shape index (κ3) is 4.25. The maximum Gasteiger partial charge on any atom is 0.133 e. The number of halogens is 3. The van der Waals surface area contributed by atoms with Gasteiger partial charge >= 0.3 is 0 Å². The highest BCUT2D eigenvalue weighted by atomic mass is 79.9. The molecular weight excluding hydrogens is 390 g/mol. The van der Waals surface area contributed by atoms with E-state index in [2.05, 4.69) is 25.8 Å². The minimum absolute atomic E-state index is 0.0689. The number of benzene rings is 1. The van der Waals surface area contributed by atoms with Crippen LogP contribution in [0.4, 0.5) is 8.78 Å². The molecule has 0 amide bonds. The van der Waals surface area contributed by atoms with Gasteiger partial charge in [-0.05, 0) is 58.8 Å². The molecule has 0 radical (unpaired) electrons. The van der Waals surface area contributed by atoms with Gasteiger partial charge in [0.1, 0.15) is 24.0 Å². The summed E-state index contributed by atoms with van der Waals surface area (Å²) in [5.41, 5.74) is 2.10. The van der Waals surface area contributed by atoms with E-state index in [0.717, 1.165) is 22.3 Å². The van der Waals surface area contributed by atoms with Crippen LogP contribution in [0.15, 0.2) is 64.7 Å². The van der Waals surface area contributed by atoms with Crippen molar-refractivity contribution in [2.45, 2.75) is 20.1 Å². The molecule has 0 unspecified atom stereocenters. The summed E-state index contributed by atoms with van der Waals surface area (Å²) < 4.78 is 33.9. The number of ether oxygens (including phenoxy) is 1. The van der Waals surface area contributed by atoms with Crippen LogP contribution in [0.5, 0.6) is 0 Å². The molecule has 0 bridgehead atoms. The minimum atomic E-state index is -0.604. The van der Waals surface area contributed by atoms with E-state index in [1.807, 2.05) is 25.1 Å². The number of hydrogen-bond acceptors (Lipinski definition) is 3. The Bertz CT molecular complexity index is 801. The van der Waals surface area contributed by atoms with Crippen LogP contribution < -0.4 is 0 Å². The SMILES string of the molecule is CC1=CC(OCc2c(F)cccc2F)=C(Br)CN1Cc1ccncc1. The lowest BCUT2D eigenvalue weighted by Crippen LogP contribution is -2.26. The normalized spacial score (nSPS) is 14.6. The highest BCUT2D eigenvalue weighted by molar-refractivity contribution is 9.11. The fourth-order valence-electron chi connectivity index (χ4n) is 2.56. The van der Waals surface area contributed by atoms with Gasteiger partial charge in [0.05, 0.1) is 16.6 Å². The smallest absolute Gasteiger partial charge is 0.133 e. The van der Waals surface area contributed by atoms with Crippen LogP contribution in [0.2, 0.25) is 0 Å². The molecule has 2 heterocycles. The van der Waals surface area contributed by atoms with Crippen LogP contribution in [-0.2, 0) is 17.9 Å². The van der Waals surface area contributed by atoms with E-state index in [9.17, 15) is 8.78 Å². The van der Waals surface area contributed by atoms with Crippen molar-refractivity contribution >= 4 is 15.9 Å². The Morgan fingerprint density at radius 3 is 2.52 bits per heavy atom. The highest BCUT2D eigenvalue weighted by Crippen LogP contribution is 2.28. The topological polar surface area (TPSA) is 25.4 Å². The molecule has 2 aromatic rings. The molecule has 1 aliphatic rings. The predicted molar refractivity (Wildman–Crippen MR) is 95.5 cm³/mol. The summed E-state index contributed by atoms with van der Waals surface area (Å²) in [5.74, 6) is -0.619. The maximum absolute atomic E-state index is 13.7. The zero-order valence-corrected chi connectivity index (χ0v) is 15.3. The number of nitrogens with zero attached hydrogens (tertiary/aromatic N) is 2. The second-order valence-corrected chi connectivity index (χ2v) is 6.71. The van der Waals surface area contributed by atoms with Crippen molar-refractivity contribution in [1.29, 1.82) is 0 Å². The van der Waals surface area contributed by atoms with Crippen LogP contribution in [0.25, 0.3) is 0 Å². The molecule has 1 aromatic heterocycles. The monoisotopic (exact) mass is 406 g/mol. The minimum Gasteiger partial charge on any atom is -0.488 e. The summed E-state index contributed by atoms with van der Waals surface area (Å²) in [6, 6.07) is 7.73. The van der Waals surface area contributed by atoms with E-state index in [4.69, 9.17) is 4.74 Å². The van der Waals surface area contributed by atoms with Crippen molar-refractivity contribution in [2.75, 3.05) is 6.54 Å².